The average Bonchev–Trinajstić information content (AvgIpc) is 2.96. The van der Waals surface area contributed by atoms with E-state index in [1.165, 1.54) is 24.7 Å². The molecular weight excluding hydrogens is 311 g/mol. The topological polar surface area (TPSA) is 62.8 Å². The van der Waals surface area contributed by atoms with Gasteiger partial charge in [0.15, 0.2) is 5.78 Å². The Balaban J connectivity index is 2.69. The molecule has 2 heterocycles. The molecule has 0 spiro atoms. The Bertz CT molecular complexity index is 735. The summed E-state index contributed by atoms with van der Waals surface area (Å²) in [6.07, 6.45) is 0.185. The highest BCUT2D eigenvalue weighted by Gasteiger charge is 2.36. The van der Waals surface area contributed by atoms with Crippen LogP contribution in [-0.2, 0) is 4.79 Å². The highest BCUT2D eigenvalue weighted by atomic mass is 19.4. The van der Waals surface area contributed by atoms with Crippen molar-refractivity contribution in [2.45, 2.75) is 26.4 Å². The molecule has 4 nitrogen and oxygen atoms in total. The van der Waals surface area contributed by atoms with Gasteiger partial charge in [0.2, 0.25) is 0 Å². The monoisotopic (exact) mass is 325 g/mol. The summed E-state index contributed by atoms with van der Waals surface area (Å²) in [5.41, 5.74) is -1.11. The summed E-state index contributed by atoms with van der Waals surface area (Å²) in [7, 11) is 0. The molecular formula is C16H14F3NO3. The Labute approximate surface area is 130 Å². The van der Waals surface area contributed by atoms with Gasteiger partial charge in [-0.15, -0.1) is 0 Å². The first-order valence-corrected chi connectivity index (χ1v) is 6.70. The molecule has 23 heavy (non-hydrogen) atoms. The number of rotatable bonds is 2. The van der Waals surface area contributed by atoms with E-state index in [1.54, 1.807) is 0 Å². The summed E-state index contributed by atoms with van der Waals surface area (Å²) >= 11 is 0. The quantitative estimate of drug-likeness (QED) is 0.878. The third-order valence-electron chi connectivity index (χ3n) is 3.25. The van der Waals surface area contributed by atoms with Gasteiger partial charge in [0.1, 0.15) is 11.5 Å². The van der Waals surface area contributed by atoms with Crippen LogP contribution in [0.4, 0.5) is 13.2 Å². The second-order valence-electron chi connectivity index (χ2n) is 4.98. The Morgan fingerprint density at radius 2 is 2.09 bits per heavy atom. The Kier molecular flexibility index (Phi) is 4.58. The number of alkyl halides is 3. The van der Waals surface area contributed by atoms with E-state index >= 15 is 0 Å². The lowest BCUT2D eigenvalue weighted by Crippen LogP contribution is -2.19. The number of hydrogen-bond acceptors (Lipinski definition) is 4. The van der Waals surface area contributed by atoms with E-state index in [-0.39, 0.29) is 23.5 Å². The maximum atomic E-state index is 13.3. The second-order valence-corrected chi connectivity index (χ2v) is 4.98. The van der Waals surface area contributed by atoms with Gasteiger partial charge in [0.25, 0.3) is 0 Å². The lowest BCUT2D eigenvalue weighted by molar-refractivity contribution is -0.113. The number of allylic oxidation sites excluding steroid dienone is 5. The van der Waals surface area contributed by atoms with Crippen molar-refractivity contribution in [2.75, 3.05) is 0 Å². The standard InChI is InChI=1S/C16H14F3NO3/c1-9-13(16(17,18)19)7-11(12-5-6-23-8-12)3-4-14(22)15(20-9)10(2)21/h3,5-8,22H,4H2,1-2H3/b11-3+,13-7+,15-14+,20-9+. The molecule has 1 aromatic heterocycles. The maximum Gasteiger partial charge on any atom is 0.418 e. The normalized spacial score (nSPS) is 26.7. The molecule has 0 aliphatic carbocycles. The lowest BCUT2D eigenvalue weighted by atomic mass is 10.0. The molecule has 122 valence electrons. The van der Waals surface area contributed by atoms with E-state index in [4.69, 9.17) is 4.42 Å². The molecule has 1 aliphatic rings. The van der Waals surface area contributed by atoms with Gasteiger partial charge < -0.3 is 9.52 Å². The number of aliphatic hydroxyl groups excluding tert-OH is 1. The van der Waals surface area contributed by atoms with Crippen molar-refractivity contribution in [1.29, 1.82) is 0 Å². The van der Waals surface area contributed by atoms with E-state index in [1.807, 2.05) is 0 Å². The Hall–Kier alpha value is -2.57. The molecule has 0 saturated carbocycles. The first kappa shape index (κ1) is 16.8. The predicted molar refractivity (Wildman–Crippen MR) is 78.9 cm³/mol. The summed E-state index contributed by atoms with van der Waals surface area (Å²) in [5.74, 6) is -0.988. The summed E-state index contributed by atoms with van der Waals surface area (Å²) in [5, 5.41) is 9.97. The van der Waals surface area contributed by atoms with Gasteiger partial charge in [-0.05, 0) is 24.6 Å². The summed E-state index contributed by atoms with van der Waals surface area (Å²) < 4.78 is 44.8. The SMILES string of the molecule is CC(=O)C1=C(\O)C\C=C(c2ccoc2)/C=C(C(F)(F)F)\C(C)=N\1. The molecule has 0 unspecified atom stereocenters. The van der Waals surface area contributed by atoms with Crippen molar-refractivity contribution in [2.24, 2.45) is 4.99 Å². The van der Waals surface area contributed by atoms with Gasteiger partial charge in [-0.1, -0.05) is 6.08 Å². The van der Waals surface area contributed by atoms with Crippen LogP contribution in [0.3, 0.4) is 0 Å². The van der Waals surface area contributed by atoms with Crippen LogP contribution in [0.5, 0.6) is 0 Å². The first-order chi connectivity index (χ1) is 10.7. The number of ketones is 1. The van der Waals surface area contributed by atoms with Crippen molar-refractivity contribution < 1.29 is 27.5 Å². The molecule has 0 bridgehead atoms. The van der Waals surface area contributed by atoms with Crippen LogP contribution in [0.25, 0.3) is 5.57 Å². The number of aliphatic imine (C=N–C) groups is 1. The smallest absolute Gasteiger partial charge is 0.418 e. The molecule has 1 N–H and O–H groups in total. The van der Waals surface area contributed by atoms with Crippen LogP contribution >= 0.6 is 0 Å². The summed E-state index contributed by atoms with van der Waals surface area (Å²) in [4.78, 5) is 15.2. The minimum Gasteiger partial charge on any atom is -0.510 e. The van der Waals surface area contributed by atoms with Crippen LogP contribution in [0, 0.1) is 0 Å². The van der Waals surface area contributed by atoms with Gasteiger partial charge in [-0.3, -0.25) is 4.79 Å². The molecule has 0 amide bonds. The zero-order valence-electron chi connectivity index (χ0n) is 12.4. The molecule has 0 saturated heterocycles. The fourth-order valence-corrected chi connectivity index (χ4v) is 2.11. The predicted octanol–water partition coefficient (Wildman–Crippen LogP) is 4.37. The second kappa shape index (κ2) is 6.28. The summed E-state index contributed by atoms with van der Waals surface area (Å²) in [6, 6.07) is 1.51. The number of halogens is 3. The fraction of sp³-hybridized carbons (Fsp3) is 0.250. The molecule has 0 aromatic carbocycles. The number of nitrogens with zero attached hydrogens (tertiary/aromatic N) is 1. The van der Waals surface area contributed by atoms with Crippen molar-refractivity contribution in [3.05, 3.63) is 53.3 Å². The van der Waals surface area contributed by atoms with Crippen molar-refractivity contribution in [3.8, 4) is 0 Å². The van der Waals surface area contributed by atoms with Crippen molar-refractivity contribution in [3.63, 3.8) is 0 Å². The van der Waals surface area contributed by atoms with Gasteiger partial charge in [-0.25, -0.2) is 4.99 Å². The molecule has 1 aromatic rings. The number of carbonyl (C=O) groups is 1. The molecule has 0 radical (unpaired) electrons. The zero-order valence-corrected chi connectivity index (χ0v) is 12.4. The van der Waals surface area contributed by atoms with Crippen LogP contribution in [0.15, 0.2) is 57.2 Å². The van der Waals surface area contributed by atoms with E-state index in [0.717, 1.165) is 19.9 Å². The third-order valence-corrected chi connectivity index (χ3v) is 3.25. The molecule has 2 rings (SSSR count). The number of aliphatic hydroxyl groups is 1. The molecule has 0 atom stereocenters. The van der Waals surface area contributed by atoms with E-state index in [9.17, 15) is 23.1 Å². The highest BCUT2D eigenvalue weighted by molar-refractivity contribution is 6.05. The zero-order chi connectivity index (χ0) is 17.2. The number of Topliss-reactive ketones (excluding diaryl/α,β-unsaturated/α-hetero) is 1. The van der Waals surface area contributed by atoms with Gasteiger partial charge >= 0.3 is 6.18 Å². The van der Waals surface area contributed by atoms with Crippen molar-refractivity contribution >= 4 is 17.1 Å². The minimum absolute atomic E-state index is 0.117. The number of furan rings is 1. The highest BCUT2D eigenvalue weighted by Crippen LogP contribution is 2.32. The van der Waals surface area contributed by atoms with Crippen LogP contribution in [0.2, 0.25) is 0 Å². The van der Waals surface area contributed by atoms with Gasteiger partial charge in [-0.2, -0.15) is 13.2 Å². The maximum absolute atomic E-state index is 13.3. The van der Waals surface area contributed by atoms with Crippen LogP contribution in [-0.4, -0.2) is 22.8 Å². The minimum atomic E-state index is -4.65. The third kappa shape index (κ3) is 3.80. The number of hydrogen-bond donors (Lipinski definition) is 1. The van der Waals surface area contributed by atoms with E-state index in [0.29, 0.717) is 5.56 Å². The largest absolute Gasteiger partial charge is 0.510 e. The van der Waals surface area contributed by atoms with Crippen molar-refractivity contribution in [1.82, 2.24) is 0 Å². The number of carbonyl (C=O) groups excluding carboxylic acids is 1. The molecule has 0 fully saturated rings. The van der Waals surface area contributed by atoms with E-state index in [2.05, 4.69) is 4.99 Å². The Morgan fingerprint density at radius 3 is 2.61 bits per heavy atom. The first-order valence-electron chi connectivity index (χ1n) is 6.70. The Morgan fingerprint density at radius 1 is 1.39 bits per heavy atom. The lowest BCUT2D eigenvalue weighted by Gasteiger charge is -2.12. The van der Waals surface area contributed by atoms with Crippen LogP contribution < -0.4 is 0 Å². The molecule has 7 heteroatoms. The summed E-state index contributed by atoms with van der Waals surface area (Å²) in [6.45, 7) is 2.28. The van der Waals surface area contributed by atoms with Gasteiger partial charge in [0.05, 0.1) is 23.8 Å². The van der Waals surface area contributed by atoms with E-state index < -0.39 is 23.2 Å². The average molecular weight is 325 g/mol. The van der Waals surface area contributed by atoms with Gasteiger partial charge in [0, 0.05) is 18.9 Å². The molecule has 1 aliphatic heterocycles. The fourth-order valence-electron chi connectivity index (χ4n) is 2.11. The van der Waals surface area contributed by atoms with Crippen LogP contribution in [0.1, 0.15) is 25.8 Å².